The number of carboxylic acids is 1. The van der Waals surface area contributed by atoms with Gasteiger partial charge in [0, 0.05) is 11.6 Å². The number of benzene rings is 1. The molecule has 2 rings (SSSR count). The van der Waals surface area contributed by atoms with Crippen molar-refractivity contribution in [3.63, 3.8) is 0 Å². The lowest BCUT2D eigenvalue weighted by atomic mass is 9.86. The Labute approximate surface area is 123 Å². The van der Waals surface area contributed by atoms with E-state index in [9.17, 15) is 4.79 Å². The SMILES string of the molecule is Cc1ccc(C(C)(C)C)c(Oc2ccc(C(=O)O)nn2)c1. The average Bonchev–Trinajstić information content (AvgIpc) is 2.38. The lowest BCUT2D eigenvalue weighted by molar-refractivity contribution is 0.0689. The van der Waals surface area contributed by atoms with Crippen LogP contribution in [0.25, 0.3) is 0 Å². The van der Waals surface area contributed by atoms with Crippen molar-refractivity contribution in [1.82, 2.24) is 10.2 Å². The Morgan fingerprint density at radius 3 is 2.38 bits per heavy atom. The molecule has 0 aliphatic carbocycles. The van der Waals surface area contributed by atoms with Crippen molar-refractivity contribution in [3.8, 4) is 11.6 Å². The van der Waals surface area contributed by atoms with Crippen LogP contribution in [0.2, 0.25) is 0 Å². The first kappa shape index (κ1) is 15.0. The van der Waals surface area contributed by atoms with Crippen molar-refractivity contribution >= 4 is 5.97 Å². The van der Waals surface area contributed by atoms with Gasteiger partial charge in [0.15, 0.2) is 5.69 Å². The molecule has 2 aromatic rings. The molecule has 0 fully saturated rings. The predicted octanol–water partition coefficient (Wildman–Crippen LogP) is 3.57. The molecule has 0 amide bonds. The molecule has 0 atom stereocenters. The number of hydrogen-bond donors (Lipinski definition) is 1. The van der Waals surface area contributed by atoms with Crippen molar-refractivity contribution < 1.29 is 14.6 Å². The molecule has 0 spiro atoms. The summed E-state index contributed by atoms with van der Waals surface area (Å²) in [6.45, 7) is 8.29. The zero-order chi connectivity index (χ0) is 15.6. The van der Waals surface area contributed by atoms with Gasteiger partial charge in [-0.2, -0.15) is 0 Å². The molecule has 5 nitrogen and oxygen atoms in total. The summed E-state index contributed by atoms with van der Waals surface area (Å²) in [4.78, 5) is 10.8. The molecular formula is C16H18N2O3. The first-order chi connectivity index (χ1) is 9.77. The summed E-state index contributed by atoms with van der Waals surface area (Å²) in [5.41, 5.74) is 1.95. The van der Waals surface area contributed by atoms with Crippen LogP contribution in [0.4, 0.5) is 0 Å². The van der Waals surface area contributed by atoms with Crippen molar-refractivity contribution in [3.05, 3.63) is 47.2 Å². The smallest absolute Gasteiger partial charge is 0.356 e. The van der Waals surface area contributed by atoms with Crippen LogP contribution < -0.4 is 4.74 Å². The molecule has 1 N–H and O–H groups in total. The van der Waals surface area contributed by atoms with E-state index in [0.717, 1.165) is 11.1 Å². The number of aromatic nitrogens is 2. The van der Waals surface area contributed by atoms with Crippen LogP contribution in [0, 0.1) is 6.92 Å². The molecule has 0 aliphatic heterocycles. The molecule has 0 bridgehead atoms. The van der Waals surface area contributed by atoms with E-state index in [1.807, 2.05) is 25.1 Å². The van der Waals surface area contributed by atoms with Crippen LogP contribution in [0.5, 0.6) is 11.6 Å². The Balaban J connectivity index is 2.34. The van der Waals surface area contributed by atoms with Crippen LogP contribution in [-0.4, -0.2) is 21.3 Å². The molecule has 110 valence electrons. The number of rotatable bonds is 3. The fraction of sp³-hybridized carbons (Fsp3) is 0.312. The lowest BCUT2D eigenvalue weighted by Crippen LogP contribution is -2.13. The second-order valence-corrected chi connectivity index (χ2v) is 5.91. The van der Waals surface area contributed by atoms with Gasteiger partial charge in [-0.3, -0.25) is 0 Å². The van der Waals surface area contributed by atoms with Gasteiger partial charge in [-0.15, -0.1) is 10.2 Å². The summed E-state index contributed by atoms with van der Waals surface area (Å²) < 4.78 is 5.79. The quantitative estimate of drug-likeness (QED) is 0.933. The van der Waals surface area contributed by atoms with Gasteiger partial charge in [-0.05, 0) is 30.0 Å². The molecule has 0 unspecified atom stereocenters. The normalized spacial score (nSPS) is 11.2. The van der Waals surface area contributed by atoms with Gasteiger partial charge < -0.3 is 9.84 Å². The first-order valence-electron chi connectivity index (χ1n) is 6.63. The maximum Gasteiger partial charge on any atom is 0.356 e. The summed E-state index contributed by atoms with van der Waals surface area (Å²) in [5, 5.41) is 16.2. The van der Waals surface area contributed by atoms with E-state index in [-0.39, 0.29) is 17.0 Å². The molecule has 21 heavy (non-hydrogen) atoms. The highest BCUT2D eigenvalue weighted by molar-refractivity contribution is 5.84. The Morgan fingerprint density at radius 1 is 1.14 bits per heavy atom. The van der Waals surface area contributed by atoms with E-state index in [2.05, 4.69) is 31.0 Å². The van der Waals surface area contributed by atoms with E-state index in [1.165, 1.54) is 12.1 Å². The molecular weight excluding hydrogens is 268 g/mol. The highest BCUT2D eigenvalue weighted by atomic mass is 16.5. The molecule has 5 heteroatoms. The minimum Gasteiger partial charge on any atom is -0.476 e. The van der Waals surface area contributed by atoms with Crippen LogP contribution in [0.15, 0.2) is 30.3 Å². The van der Waals surface area contributed by atoms with Crippen molar-refractivity contribution in [2.45, 2.75) is 33.1 Å². The number of carbonyl (C=O) groups is 1. The van der Waals surface area contributed by atoms with Crippen LogP contribution in [0.3, 0.4) is 0 Å². The third-order valence-corrected chi connectivity index (χ3v) is 3.02. The van der Waals surface area contributed by atoms with E-state index in [1.54, 1.807) is 0 Å². The minimum atomic E-state index is -1.11. The third-order valence-electron chi connectivity index (χ3n) is 3.02. The lowest BCUT2D eigenvalue weighted by Gasteiger charge is -2.22. The van der Waals surface area contributed by atoms with Gasteiger partial charge >= 0.3 is 5.97 Å². The fourth-order valence-corrected chi connectivity index (χ4v) is 1.93. The second-order valence-electron chi connectivity index (χ2n) is 5.91. The third kappa shape index (κ3) is 3.56. The van der Waals surface area contributed by atoms with Crippen LogP contribution >= 0.6 is 0 Å². The second kappa shape index (κ2) is 5.52. The Morgan fingerprint density at radius 2 is 1.86 bits per heavy atom. The molecule has 0 saturated carbocycles. The number of ether oxygens (including phenoxy) is 1. The Bertz CT molecular complexity index is 658. The number of aromatic carboxylic acids is 1. The standard InChI is InChI=1S/C16H18N2O3/c1-10-5-6-11(16(2,3)4)13(9-10)21-14-8-7-12(15(19)20)17-18-14/h5-9H,1-4H3,(H,19,20). The fourth-order valence-electron chi connectivity index (χ4n) is 1.93. The zero-order valence-corrected chi connectivity index (χ0v) is 12.5. The molecule has 1 aromatic carbocycles. The first-order valence-corrected chi connectivity index (χ1v) is 6.63. The molecule has 0 saturated heterocycles. The summed E-state index contributed by atoms with van der Waals surface area (Å²) in [7, 11) is 0. The van der Waals surface area contributed by atoms with E-state index in [0.29, 0.717) is 5.75 Å². The minimum absolute atomic E-state index is 0.0720. The number of nitrogens with zero attached hydrogens (tertiary/aromatic N) is 2. The Hall–Kier alpha value is -2.43. The molecule has 0 aliphatic rings. The average molecular weight is 286 g/mol. The van der Waals surface area contributed by atoms with Gasteiger partial charge in [0.05, 0.1) is 0 Å². The number of carboxylic acid groups (broad SMARTS) is 1. The van der Waals surface area contributed by atoms with Gasteiger partial charge in [0.2, 0.25) is 5.88 Å². The monoisotopic (exact) mass is 286 g/mol. The zero-order valence-electron chi connectivity index (χ0n) is 12.5. The van der Waals surface area contributed by atoms with Crippen LogP contribution in [0.1, 0.15) is 42.4 Å². The summed E-state index contributed by atoms with van der Waals surface area (Å²) in [5.74, 6) is -0.129. The summed E-state index contributed by atoms with van der Waals surface area (Å²) >= 11 is 0. The van der Waals surface area contributed by atoms with Crippen molar-refractivity contribution in [2.24, 2.45) is 0 Å². The molecule has 1 aromatic heterocycles. The maximum atomic E-state index is 10.8. The highest BCUT2D eigenvalue weighted by Crippen LogP contribution is 2.34. The largest absolute Gasteiger partial charge is 0.476 e. The van der Waals surface area contributed by atoms with Crippen molar-refractivity contribution in [2.75, 3.05) is 0 Å². The predicted molar refractivity (Wildman–Crippen MR) is 78.9 cm³/mol. The van der Waals surface area contributed by atoms with Gasteiger partial charge in [0.25, 0.3) is 0 Å². The number of hydrogen-bond acceptors (Lipinski definition) is 4. The van der Waals surface area contributed by atoms with Crippen molar-refractivity contribution in [1.29, 1.82) is 0 Å². The van der Waals surface area contributed by atoms with Gasteiger partial charge in [-0.25, -0.2) is 4.79 Å². The molecule has 0 radical (unpaired) electrons. The van der Waals surface area contributed by atoms with E-state index < -0.39 is 5.97 Å². The summed E-state index contributed by atoms with van der Waals surface area (Å²) in [6, 6.07) is 8.88. The Kier molecular flexibility index (Phi) is 3.93. The summed E-state index contributed by atoms with van der Waals surface area (Å²) in [6.07, 6.45) is 0. The molecule has 1 heterocycles. The van der Waals surface area contributed by atoms with Gasteiger partial charge in [-0.1, -0.05) is 32.9 Å². The van der Waals surface area contributed by atoms with E-state index >= 15 is 0 Å². The van der Waals surface area contributed by atoms with Crippen LogP contribution in [-0.2, 0) is 5.41 Å². The highest BCUT2D eigenvalue weighted by Gasteiger charge is 2.20. The van der Waals surface area contributed by atoms with E-state index in [4.69, 9.17) is 9.84 Å². The van der Waals surface area contributed by atoms with Gasteiger partial charge in [0.1, 0.15) is 5.75 Å². The topological polar surface area (TPSA) is 72.3 Å². The maximum absolute atomic E-state index is 10.8. The number of aryl methyl sites for hydroxylation is 1.